The third-order valence-electron chi connectivity index (χ3n) is 2.61. The number of hydrogen-bond donors (Lipinski definition) is 2. The summed E-state index contributed by atoms with van der Waals surface area (Å²) >= 11 is 0. The van der Waals surface area contributed by atoms with E-state index >= 15 is 0 Å². The SMILES string of the molecule is CCOCC(=O)N[C@@H](Cc1cccc(C#N)c1)C(N)=O. The van der Waals surface area contributed by atoms with Gasteiger partial charge in [0.1, 0.15) is 12.6 Å². The van der Waals surface area contributed by atoms with Gasteiger partial charge in [0.2, 0.25) is 11.8 Å². The molecule has 1 atom stereocenters. The van der Waals surface area contributed by atoms with E-state index in [4.69, 9.17) is 15.7 Å². The van der Waals surface area contributed by atoms with E-state index in [0.29, 0.717) is 12.2 Å². The lowest BCUT2D eigenvalue weighted by molar-refractivity contribution is -0.130. The molecule has 6 nitrogen and oxygen atoms in total. The molecule has 0 saturated carbocycles. The summed E-state index contributed by atoms with van der Waals surface area (Å²) in [5.41, 5.74) is 6.52. The Morgan fingerprint density at radius 1 is 1.50 bits per heavy atom. The zero-order valence-electron chi connectivity index (χ0n) is 11.3. The Hall–Kier alpha value is -2.39. The lowest BCUT2D eigenvalue weighted by atomic mass is 10.0. The minimum Gasteiger partial charge on any atom is -0.372 e. The summed E-state index contributed by atoms with van der Waals surface area (Å²) in [7, 11) is 0. The number of carbonyl (C=O) groups is 2. The zero-order valence-corrected chi connectivity index (χ0v) is 11.3. The van der Waals surface area contributed by atoms with Gasteiger partial charge in [0, 0.05) is 13.0 Å². The number of benzene rings is 1. The van der Waals surface area contributed by atoms with Gasteiger partial charge in [0.15, 0.2) is 0 Å². The van der Waals surface area contributed by atoms with Gasteiger partial charge in [-0.05, 0) is 24.6 Å². The van der Waals surface area contributed by atoms with E-state index in [-0.39, 0.29) is 13.0 Å². The summed E-state index contributed by atoms with van der Waals surface area (Å²) in [5.74, 6) is -1.02. The fraction of sp³-hybridized carbons (Fsp3) is 0.357. The first-order valence-electron chi connectivity index (χ1n) is 6.22. The molecule has 0 aliphatic heterocycles. The minimum absolute atomic E-state index is 0.113. The molecular weight excluding hydrogens is 258 g/mol. The summed E-state index contributed by atoms with van der Waals surface area (Å²) in [6.07, 6.45) is 0.239. The van der Waals surface area contributed by atoms with Crippen molar-refractivity contribution in [2.75, 3.05) is 13.2 Å². The fourth-order valence-electron chi connectivity index (χ4n) is 1.66. The van der Waals surface area contributed by atoms with Crippen LogP contribution in [0.25, 0.3) is 0 Å². The summed E-state index contributed by atoms with van der Waals surface area (Å²) in [5, 5.41) is 11.3. The van der Waals surface area contributed by atoms with E-state index in [2.05, 4.69) is 5.32 Å². The van der Waals surface area contributed by atoms with E-state index in [0.717, 1.165) is 5.56 Å². The van der Waals surface area contributed by atoms with E-state index in [9.17, 15) is 9.59 Å². The Labute approximate surface area is 117 Å². The average molecular weight is 275 g/mol. The maximum atomic E-state index is 11.5. The summed E-state index contributed by atoms with van der Waals surface area (Å²) in [6, 6.07) is 8.00. The maximum Gasteiger partial charge on any atom is 0.246 e. The number of amides is 2. The first kappa shape index (κ1) is 15.7. The number of nitrogens with zero attached hydrogens (tertiary/aromatic N) is 1. The number of rotatable bonds is 7. The van der Waals surface area contributed by atoms with Crippen LogP contribution in [0.4, 0.5) is 0 Å². The van der Waals surface area contributed by atoms with Gasteiger partial charge >= 0.3 is 0 Å². The Balaban J connectivity index is 2.70. The van der Waals surface area contributed by atoms with Crippen LogP contribution in [0.15, 0.2) is 24.3 Å². The summed E-state index contributed by atoms with van der Waals surface area (Å²) < 4.78 is 4.96. The van der Waals surface area contributed by atoms with E-state index in [1.165, 1.54) is 0 Å². The predicted octanol–water partition coefficient (Wildman–Crippen LogP) is 0.107. The van der Waals surface area contributed by atoms with Crippen LogP contribution in [-0.2, 0) is 20.7 Å². The first-order valence-corrected chi connectivity index (χ1v) is 6.22. The van der Waals surface area contributed by atoms with Crippen molar-refractivity contribution >= 4 is 11.8 Å². The molecule has 0 aromatic heterocycles. The van der Waals surface area contributed by atoms with Crippen molar-refractivity contribution in [3.63, 3.8) is 0 Å². The number of nitriles is 1. The average Bonchev–Trinajstić information content (AvgIpc) is 2.44. The van der Waals surface area contributed by atoms with Crippen molar-refractivity contribution in [3.8, 4) is 6.07 Å². The normalized spacial score (nSPS) is 11.4. The quantitative estimate of drug-likeness (QED) is 0.736. The monoisotopic (exact) mass is 275 g/mol. The molecule has 0 saturated heterocycles. The molecule has 0 bridgehead atoms. The number of nitrogens with one attached hydrogen (secondary N) is 1. The highest BCUT2D eigenvalue weighted by Crippen LogP contribution is 2.07. The summed E-state index contributed by atoms with van der Waals surface area (Å²) in [6.45, 7) is 2.07. The standard InChI is InChI=1S/C14H17N3O3/c1-2-20-9-13(18)17-12(14(16)19)7-10-4-3-5-11(6-10)8-15/h3-6,12H,2,7,9H2,1H3,(H2,16,19)(H,17,18)/t12-/m0/s1. The third-order valence-corrected chi connectivity index (χ3v) is 2.61. The largest absolute Gasteiger partial charge is 0.372 e. The Morgan fingerprint density at radius 2 is 2.25 bits per heavy atom. The molecular formula is C14H17N3O3. The molecule has 20 heavy (non-hydrogen) atoms. The number of nitrogens with two attached hydrogens (primary N) is 1. The highest BCUT2D eigenvalue weighted by atomic mass is 16.5. The van der Waals surface area contributed by atoms with Crippen LogP contribution < -0.4 is 11.1 Å². The molecule has 1 aromatic rings. The van der Waals surface area contributed by atoms with Crippen molar-refractivity contribution in [3.05, 3.63) is 35.4 Å². The zero-order chi connectivity index (χ0) is 15.0. The maximum absolute atomic E-state index is 11.5. The van der Waals surface area contributed by atoms with E-state index in [1.807, 2.05) is 6.07 Å². The number of primary amides is 1. The molecule has 0 spiro atoms. The van der Waals surface area contributed by atoms with Crippen LogP contribution >= 0.6 is 0 Å². The number of hydrogen-bond acceptors (Lipinski definition) is 4. The van der Waals surface area contributed by atoms with Crippen molar-refractivity contribution in [2.45, 2.75) is 19.4 Å². The molecule has 2 amide bonds. The van der Waals surface area contributed by atoms with Gasteiger partial charge in [-0.1, -0.05) is 12.1 Å². The number of carbonyl (C=O) groups excluding carboxylic acids is 2. The van der Waals surface area contributed by atoms with Gasteiger partial charge in [-0.15, -0.1) is 0 Å². The Bertz CT molecular complexity index is 523. The molecule has 1 rings (SSSR count). The van der Waals surface area contributed by atoms with Crippen molar-refractivity contribution in [2.24, 2.45) is 5.73 Å². The van der Waals surface area contributed by atoms with Crippen LogP contribution in [-0.4, -0.2) is 31.1 Å². The molecule has 106 valence electrons. The Kier molecular flexibility index (Phi) is 6.20. The van der Waals surface area contributed by atoms with Crippen molar-refractivity contribution in [1.29, 1.82) is 5.26 Å². The van der Waals surface area contributed by atoms with Gasteiger partial charge in [0.05, 0.1) is 11.6 Å². The van der Waals surface area contributed by atoms with Crippen LogP contribution in [0.5, 0.6) is 0 Å². The van der Waals surface area contributed by atoms with Crippen LogP contribution in [0.1, 0.15) is 18.1 Å². The predicted molar refractivity (Wildman–Crippen MR) is 72.5 cm³/mol. The fourth-order valence-corrected chi connectivity index (χ4v) is 1.66. The van der Waals surface area contributed by atoms with Gasteiger partial charge < -0.3 is 15.8 Å². The smallest absolute Gasteiger partial charge is 0.246 e. The minimum atomic E-state index is -0.822. The molecule has 0 heterocycles. The molecule has 3 N–H and O–H groups in total. The van der Waals surface area contributed by atoms with Crippen LogP contribution in [0.3, 0.4) is 0 Å². The van der Waals surface area contributed by atoms with E-state index in [1.54, 1.807) is 31.2 Å². The van der Waals surface area contributed by atoms with Crippen molar-refractivity contribution < 1.29 is 14.3 Å². The molecule has 0 unspecified atom stereocenters. The van der Waals surface area contributed by atoms with Gasteiger partial charge in [-0.3, -0.25) is 9.59 Å². The highest BCUT2D eigenvalue weighted by molar-refractivity contribution is 5.87. The van der Waals surface area contributed by atoms with E-state index < -0.39 is 17.9 Å². The second-order valence-corrected chi connectivity index (χ2v) is 4.18. The first-order chi connectivity index (χ1) is 9.56. The molecule has 1 aromatic carbocycles. The lowest BCUT2D eigenvalue weighted by Gasteiger charge is -2.15. The van der Waals surface area contributed by atoms with Crippen molar-refractivity contribution in [1.82, 2.24) is 5.32 Å². The molecule has 0 aliphatic carbocycles. The van der Waals surface area contributed by atoms with Crippen LogP contribution in [0, 0.1) is 11.3 Å². The van der Waals surface area contributed by atoms with Crippen LogP contribution in [0.2, 0.25) is 0 Å². The second-order valence-electron chi connectivity index (χ2n) is 4.18. The van der Waals surface area contributed by atoms with Gasteiger partial charge in [-0.25, -0.2) is 0 Å². The van der Waals surface area contributed by atoms with Gasteiger partial charge in [-0.2, -0.15) is 5.26 Å². The molecule has 0 fully saturated rings. The highest BCUT2D eigenvalue weighted by Gasteiger charge is 2.18. The van der Waals surface area contributed by atoms with Gasteiger partial charge in [0.25, 0.3) is 0 Å². The second kappa shape index (κ2) is 7.92. The summed E-state index contributed by atoms with van der Waals surface area (Å²) in [4.78, 5) is 22.9. The molecule has 6 heteroatoms. The molecule has 0 aliphatic rings. The lowest BCUT2D eigenvalue weighted by Crippen LogP contribution is -2.47. The third kappa shape index (κ3) is 5.08. The molecule has 0 radical (unpaired) electrons. The Morgan fingerprint density at radius 3 is 2.85 bits per heavy atom. The number of ether oxygens (including phenoxy) is 1. The topological polar surface area (TPSA) is 105 Å².